The molecule has 1 aromatic heterocycles. The molecule has 2 atom stereocenters. The second-order valence-corrected chi connectivity index (χ2v) is 5.73. The standard InChI is InChI=1S/C17H15N5/c18-8-13-11-4-1-2-5-12(11)15(14-6-3-7-22-14)17(9-19,10-20)16(13)21/h3-4,6-7,12,15,22H,1-2,5,21H2/t12-,15+/m0/s1. The van der Waals surface area contributed by atoms with E-state index in [4.69, 9.17) is 5.73 Å². The predicted octanol–water partition coefficient (Wildman–Crippen LogP) is 2.61. The zero-order valence-corrected chi connectivity index (χ0v) is 12.0. The number of H-pyrrole nitrogens is 1. The zero-order chi connectivity index (χ0) is 15.7. The zero-order valence-electron chi connectivity index (χ0n) is 12.0. The Morgan fingerprint density at radius 1 is 1.27 bits per heavy atom. The number of nitrogens with two attached hydrogens (primary N) is 1. The van der Waals surface area contributed by atoms with Gasteiger partial charge in [0.1, 0.15) is 6.07 Å². The van der Waals surface area contributed by atoms with Gasteiger partial charge >= 0.3 is 0 Å². The van der Waals surface area contributed by atoms with E-state index in [1.165, 1.54) is 0 Å². The van der Waals surface area contributed by atoms with Crippen LogP contribution in [-0.4, -0.2) is 4.98 Å². The molecule has 0 saturated heterocycles. The van der Waals surface area contributed by atoms with Gasteiger partial charge in [0.2, 0.25) is 0 Å². The van der Waals surface area contributed by atoms with Gasteiger partial charge in [0.25, 0.3) is 0 Å². The van der Waals surface area contributed by atoms with Crippen LogP contribution in [0.3, 0.4) is 0 Å². The minimum Gasteiger partial charge on any atom is -0.399 e. The lowest BCUT2D eigenvalue weighted by molar-refractivity contribution is 0.312. The Hall–Kier alpha value is -2.97. The van der Waals surface area contributed by atoms with Crippen LogP contribution in [0.15, 0.2) is 41.2 Å². The summed E-state index contributed by atoms with van der Waals surface area (Å²) in [5.41, 5.74) is 6.76. The van der Waals surface area contributed by atoms with Crippen molar-refractivity contribution in [3.8, 4) is 18.2 Å². The first-order valence-electron chi connectivity index (χ1n) is 7.26. The number of nitriles is 3. The van der Waals surface area contributed by atoms with Crippen molar-refractivity contribution < 1.29 is 0 Å². The molecule has 0 saturated carbocycles. The number of nitrogens with one attached hydrogen (secondary N) is 1. The number of aromatic nitrogens is 1. The molecule has 0 aliphatic heterocycles. The van der Waals surface area contributed by atoms with Crippen LogP contribution in [0.2, 0.25) is 0 Å². The first kappa shape index (κ1) is 14.0. The number of nitrogens with zero attached hydrogens (tertiary/aromatic N) is 3. The normalized spacial score (nSPS) is 26.1. The molecule has 0 fully saturated rings. The van der Waals surface area contributed by atoms with E-state index in [1.54, 1.807) is 6.20 Å². The highest BCUT2D eigenvalue weighted by Crippen LogP contribution is 2.55. The van der Waals surface area contributed by atoms with Gasteiger partial charge in [-0.1, -0.05) is 6.08 Å². The molecule has 22 heavy (non-hydrogen) atoms. The molecule has 0 amide bonds. The number of aromatic amines is 1. The summed E-state index contributed by atoms with van der Waals surface area (Å²) in [5, 5.41) is 29.0. The summed E-state index contributed by atoms with van der Waals surface area (Å²) in [6.45, 7) is 0. The molecule has 0 radical (unpaired) electrons. The fraction of sp³-hybridized carbons (Fsp3) is 0.353. The second-order valence-electron chi connectivity index (χ2n) is 5.73. The maximum atomic E-state index is 9.76. The summed E-state index contributed by atoms with van der Waals surface area (Å²) in [4.78, 5) is 3.13. The van der Waals surface area contributed by atoms with E-state index >= 15 is 0 Å². The predicted molar refractivity (Wildman–Crippen MR) is 79.4 cm³/mol. The lowest BCUT2D eigenvalue weighted by atomic mass is 9.57. The minimum atomic E-state index is -1.50. The van der Waals surface area contributed by atoms with Crippen molar-refractivity contribution in [2.45, 2.75) is 25.2 Å². The quantitative estimate of drug-likeness (QED) is 0.827. The third kappa shape index (κ3) is 1.68. The largest absolute Gasteiger partial charge is 0.399 e. The molecule has 0 aromatic carbocycles. The molecule has 2 aliphatic rings. The van der Waals surface area contributed by atoms with E-state index in [9.17, 15) is 15.8 Å². The fourth-order valence-corrected chi connectivity index (χ4v) is 3.75. The van der Waals surface area contributed by atoms with E-state index in [1.807, 2.05) is 18.2 Å². The lowest BCUT2D eigenvalue weighted by Gasteiger charge is -2.42. The summed E-state index contributed by atoms with van der Waals surface area (Å²) in [6, 6.07) is 10.1. The van der Waals surface area contributed by atoms with Gasteiger partial charge in [0.15, 0.2) is 5.41 Å². The average Bonchev–Trinajstić information content (AvgIpc) is 3.08. The fourth-order valence-electron chi connectivity index (χ4n) is 3.75. The molecular formula is C17H15N5. The van der Waals surface area contributed by atoms with Crippen LogP contribution in [0, 0.1) is 45.3 Å². The molecule has 108 valence electrons. The molecule has 2 aliphatic carbocycles. The summed E-state index contributed by atoms with van der Waals surface area (Å²) in [5.74, 6) is -0.408. The van der Waals surface area contributed by atoms with Crippen LogP contribution in [0.1, 0.15) is 30.9 Å². The van der Waals surface area contributed by atoms with Crippen LogP contribution in [-0.2, 0) is 0 Å². The molecule has 1 aromatic rings. The number of hydrogen-bond donors (Lipinski definition) is 2. The Morgan fingerprint density at radius 3 is 2.64 bits per heavy atom. The van der Waals surface area contributed by atoms with Crippen LogP contribution >= 0.6 is 0 Å². The van der Waals surface area contributed by atoms with Crippen LogP contribution in [0.5, 0.6) is 0 Å². The van der Waals surface area contributed by atoms with Crippen LogP contribution in [0.4, 0.5) is 0 Å². The smallest absolute Gasteiger partial charge is 0.192 e. The average molecular weight is 289 g/mol. The third-order valence-corrected chi connectivity index (χ3v) is 4.76. The molecule has 5 heteroatoms. The number of rotatable bonds is 1. The van der Waals surface area contributed by atoms with Gasteiger partial charge in [-0.3, -0.25) is 0 Å². The Bertz CT molecular complexity index is 762. The van der Waals surface area contributed by atoms with E-state index in [2.05, 4.69) is 23.2 Å². The van der Waals surface area contributed by atoms with Crippen molar-refractivity contribution in [2.75, 3.05) is 0 Å². The number of fused-ring (bicyclic) bond motifs is 1. The van der Waals surface area contributed by atoms with Gasteiger partial charge in [-0.05, 0) is 42.9 Å². The molecule has 5 nitrogen and oxygen atoms in total. The monoisotopic (exact) mass is 289 g/mol. The molecule has 0 unspecified atom stereocenters. The minimum absolute atomic E-state index is 0.0337. The van der Waals surface area contributed by atoms with E-state index in [-0.39, 0.29) is 17.5 Å². The van der Waals surface area contributed by atoms with Gasteiger partial charge in [-0.15, -0.1) is 0 Å². The Labute approximate surface area is 129 Å². The Balaban J connectivity index is 2.33. The van der Waals surface area contributed by atoms with E-state index < -0.39 is 5.41 Å². The molecule has 0 bridgehead atoms. The van der Waals surface area contributed by atoms with Crippen molar-refractivity contribution in [1.82, 2.24) is 4.98 Å². The van der Waals surface area contributed by atoms with Crippen LogP contribution in [0.25, 0.3) is 0 Å². The highest BCUT2D eigenvalue weighted by Gasteiger charge is 2.54. The highest BCUT2D eigenvalue weighted by molar-refractivity contribution is 5.58. The summed E-state index contributed by atoms with van der Waals surface area (Å²) >= 11 is 0. The first-order chi connectivity index (χ1) is 10.7. The first-order valence-corrected chi connectivity index (χ1v) is 7.26. The maximum Gasteiger partial charge on any atom is 0.192 e. The van der Waals surface area contributed by atoms with Crippen molar-refractivity contribution in [2.24, 2.45) is 17.1 Å². The second kappa shape index (κ2) is 5.10. The summed E-state index contributed by atoms with van der Waals surface area (Å²) in [6.07, 6.45) is 6.54. The molecule has 3 rings (SSSR count). The van der Waals surface area contributed by atoms with Crippen molar-refractivity contribution >= 4 is 0 Å². The molecule has 3 N–H and O–H groups in total. The van der Waals surface area contributed by atoms with E-state index in [0.29, 0.717) is 5.57 Å². The van der Waals surface area contributed by atoms with Gasteiger partial charge in [-0.25, -0.2) is 0 Å². The van der Waals surface area contributed by atoms with Crippen molar-refractivity contribution in [3.05, 3.63) is 46.9 Å². The number of hydrogen-bond acceptors (Lipinski definition) is 4. The Kier molecular flexibility index (Phi) is 3.24. The topological polar surface area (TPSA) is 113 Å². The lowest BCUT2D eigenvalue weighted by Crippen LogP contribution is -2.42. The SMILES string of the molecule is N#CC1=C(N)C(C#N)(C#N)[C@@H](c2ccc[nH]2)[C@H]2CCCC=C12. The Morgan fingerprint density at radius 2 is 2.05 bits per heavy atom. The maximum absolute atomic E-state index is 9.76. The van der Waals surface area contributed by atoms with Gasteiger partial charge in [-0.2, -0.15) is 15.8 Å². The van der Waals surface area contributed by atoms with E-state index in [0.717, 1.165) is 30.5 Å². The summed E-state index contributed by atoms with van der Waals surface area (Å²) < 4.78 is 0. The third-order valence-electron chi connectivity index (χ3n) is 4.76. The van der Waals surface area contributed by atoms with Crippen LogP contribution < -0.4 is 5.73 Å². The van der Waals surface area contributed by atoms with Crippen molar-refractivity contribution in [3.63, 3.8) is 0 Å². The van der Waals surface area contributed by atoms with Gasteiger partial charge in [0.05, 0.1) is 23.4 Å². The molecular weight excluding hydrogens is 274 g/mol. The molecule has 0 spiro atoms. The highest BCUT2D eigenvalue weighted by atomic mass is 14.8. The number of allylic oxidation sites excluding steroid dienone is 4. The van der Waals surface area contributed by atoms with Gasteiger partial charge in [0, 0.05) is 17.8 Å². The van der Waals surface area contributed by atoms with Gasteiger partial charge < -0.3 is 10.7 Å². The summed E-state index contributed by atoms with van der Waals surface area (Å²) in [7, 11) is 0. The molecule has 1 heterocycles. The van der Waals surface area contributed by atoms with Crippen molar-refractivity contribution in [1.29, 1.82) is 15.8 Å².